The fraction of sp³-hybridized carbons (Fsp3) is 0.769. The Morgan fingerprint density at radius 1 is 1.37 bits per heavy atom. The number of hydrogen-bond acceptors (Lipinski definition) is 3. The SMILES string of the molecule is CCNCc1ncc(C2CCCCC2C(F)(F)F)o1. The smallest absolute Gasteiger partial charge is 0.392 e. The van der Waals surface area contributed by atoms with E-state index in [1.165, 1.54) is 6.20 Å². The first-order chi connectivity index (χ1) is 9.02. The summed E-state index contributed by atoms with van der Waals surface area (Å²) in [5, 5.41) is 3.04. The Bertz CT molecular complexity index is 403. The zero-order valence-electron chi connectivity index (χ0n) is 11.0. The maximum absolute atomic E-state index is 13.0. The van der Waals surface area contributed by atoms with E-state index in [1.54, 1.807) is 0 Å². The molecule has 6 heteroatoms. The molecule has 1 aliphatic carbocycles. The van der Waals surface area contributed by atoms with Gasteiger partial charge in [0.05, 0.1) is 18.7 Å². The van der Waals surface area contributed by atoms with Crippen LogP contribution in [0.2, 0.25) is 0 Å². The summed E-state index contributed by atoms with van der Waals surface area (Å²) < 4.78 is 44.5. The number of aromatic nitrogens is 1. The lowest BCUT2D eigenvalue weighted by Gasteiger charge is -2.31. The van der Waals surface area contributed by atoms with Gasteiger partial charge < -0.3 is 9.73 Å². The van der Waals surface area contributed by atoms with Gasteiger partial charge in [-0.15, -0.1) is 0 Å². The summed E-state index contributed by atoms with van der Waals surface area (Å²) in [6.45, 7) is 3.18. The molecule has 108 valence electrons. The van der Waals surface area contributed by atoms with E-state index in [4.69, 9.17) is 4.42 Å². The topological polar surface area (TPSA) is 38.1 Å². The largest absolute Gasteiger partial charge is 0.444 e. The van der Waals surface area contributed by atoms with E-state index in [1.807, 2.05) is 6.92 Å². The van der Waals surface area contributed by atoms with Gasteiger partial charge in [0.15, 0.2) is 0 Å². The molecule has 1 aromatic rings. The van der Waals surface area contributed by atoms with Gasteiger partial charge in [0.25, 0.3) is 0 Å². The third-order valence-corrected chi connectivity index (χ3v) is 3.65. The molecule has 0 aliphatic heterocycles. The molecule has 19 heavy (non-hydrogen) atoms. The molecule has 2 unspecified atom stereocenters. The summed E-state index contributed by atoms with van der Waals surface area (Å²) in [7, 11) is 0. The first kappa shape index (κ1) is 14.4. The van der Waals surface area contributed by atoms with Gasteiger partial charge >= 0.3 is 6.18 Å². The van der Waals surface area contributed by atoms with Gasteiger partial charge in [0.2, 0.25) is 5.89 Å². The van der Waals surface area contributed by atoms with Gasteiger partial charge in [-0.2, -0.15) is 13.2 Å². The van der Waals surface area contributed by atoms with E-state index in [-0.39, 0.29) is 6.42 Å². The van der Waals surface area contributed by atoms with Crippen LogP contribution < -0.4 is 5.32 Å². The summed E-state index contributed by atoms with van der Waals surface area (Å²) in [6, 6.07) is 0. The predicted molar refractivity (Wildman–Crippen MR) is 64.6 cm³/mol. The third kappa shape index (κ3) is 3.49. The van der Waals surface area contributed by atoms with Crippen LogP contribution in [0.4, 0.5) is 13.2 Å². The lowest BCUT2D eigenvalue weighted by molar-refractivity contribution is -0.188. The highest BCUT2D eigenvalue weighted by molar-refractivity contribution is 5.06. The van der Waals surface area contributed by atoms with Crippen molar-refractivity contribution in [3.8, 4) is 0 Å². The van der Waals surface area contributed by atoms with E-state index in [9.17, 15) is 13.2 Å². The Morgan fingerprint density at radius 2 is 2.11 bits per heavy atom. The molecule has 1 aliphatic rings. The van der Waals surface area contributed by atoms with Gasteiger partial charge in [-0.05, 0) is 19.4 Å². The van der Waals surface area contributed by atoms with Crippen molar-refractivity contribution in [2.45, 2.75) is 51.2 Å². The minimum absolute atomic E-state index is 0.192. The molecule has 3 nitrogen and oxygen atoms in total. The maximum Gasteiger partial charge on any atom is 0.392 e. The highest BCUT2D eigenvalue weighted by atomic mass is 19.4. The second-order valence-corrected chi connectivity index (χ2v) is 4.98. The number of nitrogens with one attached hydrogen (secondary N) is 1. The van der Waals surface area contributed by atoms with Crippen molar-refractivity contribution in [2.24, 2.45) is 5.92 Å². The third-order valence-electron chi connectivity index (χ3n) is 3.65. The number of rotatable bonds is 4. The number of alkyl halides is 3. The lowest BCUT2D eigenvalue weighted by Crippen LogP contribution is -2.31. The molecule has 1 saturated carbocycles. The van der Waals surface area contributed by atoms with Crippen LogP contribution in [0.1, 0.15) is 50.2 Å². The Kier molecular flexibility index (Phi) is 4.50. The molecular formula is C13H19F3N2O. The maximum atomic E-state index is 13.0. The molecule has 1 heterocycles. The van der Waals surface area contributed by atoms with E-state index < -0.39 is 18.0 Å². The van der Waals surface area contributed by atoms with E-state index in [0.29, 0.717) is 31.0 Å². The normalized spacial score (nSPS) is 24.6. The van der Waals surface area contributed by atoms with Crippen molar-refractivity contribution in [3.05, 3.63) is 17.8 Å². The van der Waals surface area contributed by atoms with Crippen LogP contribution in [0, 0.1) is 5.92 Å². The summed E-state index contributed by atoms with van der Waals surface area (Å²) in [6.07, 6.45) is -0.516. The van der Waals surface area contributed by atoms with Crippen LogP contribution in [-0.2, 0) is 6.54 Å². The monoisotopic (exact) mass is 276 g/mol. The molecule has 1 fully saturated rings. The second kappa shape index (κ2) is 5.94. The molecule has 0 bridgehead atoms. The predicted octanol–water partition coefficient (Wildman–Crippen LogP) is 3.62. The highest BCUT2D eigenvalue weighted by Crippen LogP contribution is 2.46. The van der Waals surface area contributed by atoms with E-state index >= 15 is 0 Å². The van der Waals surface area contributed by atoms with Crippen molar-refractivity contribution in [3.63, 3.8) is 0 Å². The fourth-order valence-corrected chi connectivity index (χ4v) is 2.67. The molecule has 0 radical (unpaired) electrons. The van der Waals surface area contributed by atoms with Crippen LogP contribution in [0.25, 0.3) is 0 Å². The van der Waals surface area contributed by atoms with Crippen LogP contribution in [0.3, 0.4) is 0 Å². The molecule has 2 atom stereocenters. The van der Waals surface area contributed by atoms with Crippen molar-refractivity contribution in [1.29, 1.82) is 0 Å². The molecule has 1 N–H and O–H groups in total. The summed E-state index contributed by atoms with van der Waals surface area (Å²) >= 11 is 0. The molecule has 0 amide bonds. The Balaban J connectivity index is 2.11. The first-order valence-electron chi connectivity index (χ1n) is 6.74. The van der Waals surface area contributed by atoms with Crippen LogP contribution in [-0.4, -0.2) is 17.7 Å². The minimum atomic E-state index is -4.15. The second-order valence-electron chi connectivity index (χ2n) is 4.98. The van der Waals surface area contributed by atoms with E-state index in [2.05, 4.69) is 10.3 Å². The van der Waals surface area contributed by atoms with Crippen LogP contribution in [0.5, 0.6) is 0 Å². The Hall–Kier alpha value is -1.04. The van der Waals surface area contributed by atoms with Gasteiger partial charge in [-0.1, -0.05) is 19.8 Å². The van der Waals surface area contributed by atoms with Crippen molar-refractivity contribution >= 4 is 0 Å². The highest BCUT2D eigenvalue weighted by Gasteiger charge is 2.47. The van der Waals surface area contributed by atoms with Crippen molar-refractivity contribution in [2.75, 3.05) is 6.54 Å². The first-order valence-corrected chi connectivity index (χ1v) is 6.74. The van der Waals surface area contributed by atoms with Gasteiger partial charge in [0.1, 0.15) is 5.76 Å². The fourth-order valence-electron chi connectivity index (χ4n) is 2.67. The molecule has 0 saturated heterocycles. The van der Waals surface area contributed by atoms with Gasteiger partial charge in [-0.3, -0.25) is 0 Å². The van der Waals surface area contributed by atoms with Gasteiger partial charge in [-0.25, -0.2) is 4.98 Å². The molecular weight excluding hydrogens is 257 g/mol. The Morgan fingerprint density at radius 3 is 2.79 bits per heavy atom. The standard InChI is InChI=1S/C13H19F3N2O/c1-2-17-8-12-18-7-11(19-12)9-5-3-4-6-10(9)13(14,15)16/h7,9-10,17H,2-6,8H2,1H3. The molecule has 0 spiro atoms. The summed E-state index contributed by atoms with van der Waals surface area (Å²) in [5.74, 6) is -1.02. The summed E-state index contributed by atoms with van der Waals surface area (Å²) in [5.41, 5.74) is 0. The van der Waals surface area contributed by atoms with Crippen molar-refractivity contribution in [1.82, 2.24) is 10.3 Å². The van der Waals surface area contributed by atoms with Gasteiger partial charge in [0, 0.05) is 5.92 Å². The molecule has 1 aromatic heterocycles. The number of oxazole rings is 1. The van der Waals surface area contributed by atoms with Crippen LogP contribution in [0.15, 0.2) is 10.6 Å². The number of hydrogen-bond donors (Lipinski definition) is 1. The minimum Gasteiger partial charge on any atom is -0.444 e. The van der Waals surface area contributed by atoms with Crippen molar-refractivity contribution < 1.29 is 17.6 Å². The zero-order valence-corrected chi connectivity index (χ0v) is 11.0. The molecule has 0 aromatic carbocycles. The Labute approximate surface area is 110 Å². The van der Waals surface area contributed by atoms with E-state index in [0.717, 1.165) is 13.0 Å². The molecule has 2 rings (SSSR count). The quantitative estimate of drug-likeness (QED) is 0.912. The number of nitrogens with zero attached hydrogens (tertiary/aromatic N) is 1. The summed E-state index contributed by atoms with van der Waals surface area (Å²) in [4.78, 5) is 4.05. The number of halogens is 3. The average molecular weight is 276 g/mol. The zero-order chi connectivity index (χ0) is 13.9. The average Bonchev–Trinajstić information content (AvgIpc) is 2.84. The van der Waals surface area contributed by atoms with Crippen LogP contribution >= 0.6 is 0 Å². The lowest BCUT2D eigenvalue weighted by atomic mass is 9.77.